The lowest BCUT2D eigenvalue weighted by molar-refractivity contribution is -0.132. The standard InChI is InChI=1S/C18H24N2O2S/c21-17(9-10-23-13-14-5-2-1-3-6-14)20-11-15-7-4-8-16(12-20)19-18(15)22/h1-3,5-6,15-16H,4,7-13H2,(H,19,22)/t15-,16+/m0/s1. The molecular formula is C18H24N2O2S. The van der Waals surface area contributed by atoms with Crippen molar-refractivity contribution in [2.45, 2.75) is 37.5 Å². The van der Waals surface area contributed by atoms with Gasteiger partial charge in [-0.15, -0.1) is 0 Å². The number of fused-ring (bicyclic) bond motifs is 3. The molecule has 2 aliphatic rings. The van der Waals surface area contributed by atoms with E-state index in [0.29, 0.717) is 19.5 Å². The van der Waals surface area contributed by atoms with Gasteiger partial charge in [-0.1, -0.05) is 36.8 Å². The fraction of sp³-hybridized carbons (Fsp3) is 0.556. The molecule has 5 heteroatoms. The molecule has 2 fully saturated rings. The number of nitrogens with zero attached hydrogens (tertiary/aromatic N) is 1. The Labute approximate surface area is 142 Å². The van der Waals surface area contributed by atoms with Gasteiger partial charge in [0.25, 0.3) is 0 Å². The Hall–Kier alpha value is -1.49. The summed E-state index contributed by atoms with van der Waals surface area (Å²) in [5, 5.41) is 3.08. The first-order valence-corrected chi connectivity index (χ1v) is 9.57. The van der Waals surface area contributed by atoms with E-state index in [-0.39, 0.29) is 23.8 Å². The third-order valence-corrected chi connectivity index (χ3v) is 5.66. The van der Waals surface area contributed by atoms with Gasteiger partial charge >= 0.3 is 0 Å². The number of nitrogens with one attached hydrogen (secondary N) is 1. The minimum absolute atomic E-state index is 0.0107. The average molecular weight is 332 g/mol. The van der Waals surface area contributed by atoms with Crippen LogP contribution < -0.4 is 5.32 Å². The highest BCUT2D eigenvalue weighted by Crippen LogP contribution is 2.22. The van der Waals surface area contributed by atoms with Gasteiger partial charge in [-0.25, -0.2) is 0 Å². The summed E-state index contributed by atoms with van der Waals surface area (Å²) in [6.07, 6.45) is 3.55. The van der Waals surface area contributed by atoms with Crippen LogP contribution in [0.1, 0.15) is 31.2 Å². The lowest BCUT2D eigenvalue weighted by Gasteiger charge is -2.27. The molecule has 0 saturated carbocycles. The Morgan fingerprint density at radius 2 is 2.04 bits per heavy atom. The Morgan fingerprint density at radius 1 is 1.22 bits per heavy atom. The van der Waals surface area contributed by atoms with Crippen LogP contribution in [0.15, 0.2) is 30.3 Å². The van der Waals surface area contributed by atoms with Crippen molar-refractivity contribution < 1.29 is 9.59 Å². The SMILES string of the molecule is O=C1N[C@@H]2CCC[C@H]1CN(C(=O)CCSCc1ccccc1)C2. The predicted octanol–water partition coefficient (Wildman–Crippen LogP) is 2.44. The van der Waals surface area contributed by atoms with Crippen molar-refractivity contribution in [2.24, 2.45) is 5.92 Å². The maximum atomic E-state index is 12.5. The van der Waals surface area contributed by atoms with E-state index >= 15 is 0 Å². The summed E-state index contributed by atoms with van der Waals surface area (Å²) in [5.41, 5.74) is 1.30. The summed E-state index contributed by atoms with van der Waals surface area (Å²) in [6.45, 7) is 1.29. The molecular weight excluding hydrogens is 308 g/mol. The second-order valence-corrected chi connectivity index (χ2v) is 7.53. The summed E-state index contributed by atoms with van der Waals surface area (Å²) in [4.78, 5) is 26.4. The monoisotopic (exact) mass is 332 g/mol. The van der Waals surface area contributed by atoms with Crippen LogP contribution in [-0.4, -0.2) is 41.6 Å². The van der Waals surface area contributed by atoms with E-state index in [4.69, 9.17) is 0 Å². The van der Waals surface area contributed by atoms with Gasteiger partial charge in [-0.3, -0.25) is 9.59 Å². The van der Waals surface area contributed by atoms with Crippen molar-refractivity contribution in [1.82, 2.24) is 10.2 Å². The minimum atomic E-state index is -0.0107. The van der Waals surface area contributed by atoms with Crippen molar-refractivity contribution in [3.05, 3.63) is 35.9 Å². The van der Waals surface area contributed by atoms with Gasteiger partial charge in [0.05, 0.1) is 5.92 Å². The van der Waals surface area contributed by atoms with Gasteiger partial charge in [0, 0.05) is 37.1 Å². The third kappa shape index (κ3) is 4.50. The number of likely N-dealkylation sites (tertiary alicyclic amines) is 1. The fourth-order valence-electron chi connectivity index (χ4n) is 3.34. The number of carbonyl (C=O) groups is 2. The molecule has 1 aromatic carbocycles. The molecule has 2 saturated heterocycles. The maximum Gasteiger partial charge on any atom is 0.225 e. The zero-order chi connectivity index (χ0) is 16.1. The Kier molecular flexibility index (Phi) is 5.60. The molecule has 2 aliphatic heterocycles. The molecule has 3 rings (SSSR count). The van der Waals surface area contributed by atoms with E-state index in [2.05, 4.69) is 17.4 Å². The Bertz CT molecular complexity index is 549. The van der Waals surface area contributed by atoms with E-state index in [1.54, 1.807) is 11.8 Å². The van der Waals surface area contributed by atoms with Gasteiger partial charge < -0.3 is 10.2 Å². The smallest absolute Gasteiger partial charge is 0.225 e. The van der Waals surface area contributed by atoms with Gasteiger partial charge in [0.1, 0.15) is 0 Å². The van der Waals surface area contributed by atoms with Crippen LogP contribution >= 0.6 is 11.8 Å². The van der Waals surface area contributed by atoms with Crippen LogP contribution in [0.2, 0.25) is 0 Å². The number of amides is 2. The largest absolute Gasteiger partial charge is 0.351 e. The van der Waals surface area contributed by atoms with Crippen molar-refractivity contribution in [3.8, 4) is 0 Å². The first-order valence-electron chi connectivity index (χ1n) is 8.42. The van der Waals surface area contributed by atoms with Crippen LogP contribution in [0, 0.1) is 5.92 Å². The predicted molar refractivity (Wildman–Crippen MR) is 93.1 cm³/mol. The first-order chi connectivity index (χ1) is 11.2. The molecule has 1 aromatic rings. The van der Waals surface area contributed by atoms with E-state index in [9.17, 15) is 9.59 Å². The second kappa shape index (κ2) is 7.86. The molecule has 2 amide bonds. The van der Waals surface area contributed by atoms with Crippen LogP contribution in [0.25, 0.3) is 0 Å². The van der Waals surface area contributed by atoms with Gasteiger partial charge in [-0.05, 0) is 18.4 Å². The number of carbonyl (C=O) groups excluding carboxylic acids is 2. The fourth-order valence-corrected chi connectivity index (χ4v) is 4.23. The van der Waals surface area contributed by atoms with E-state index in [1.807, 2.05) is 23.1 Å². The number of rotatable bonds is 5. The zero-order valence-corrected chi connectivity index (χ0v) is 14.2. The van der Waals surface area contributed by atoms with Crippen LogP contribution in [0.5, 0.6) is 0 Å². The molecule has 0 unspecified atom stereocenters. The third-order valence-electron chi connectivity index (χ3n) is 4.63. The summed E-state index contributed by atoms with van der Waals surface area (Å²) < 4.78 is 0. The normalized spacial score (nSPS) is 24.0. The molecule has 2 heterocycles. The summed E-state index contributed by atoms with van der Waals surface area (Å²) >= 11 is 1.80. The van der Waals surface area contributed by atoms with Crippen molar-refractivity contribution in [3.63, 3.8) is 0 Å². The molecule has 0 spiro atoms. The van der Waals surface area contributed by atoms with Gasteiger partial charge in [0.2, 0.25) is 11.8 Å². The van der Waals surface area contributed by atoms with Crippen LogP contribution in [0.3, 0.4) is 0 Å². The van der Waals surface area contributed by atoms with Gasteiger partial charge in [0.15, 0.2) is 0 Å². The second-order valence-electron chi connectivity index (χ2n) is 6.42. The average Bonchev–Trinajstić information content (AvgIpc) is 2.81. The maximum absolute atomic E-state index is 12.5. The van der Waals surface area contributed by atoms with Crippen molar-refractivity contribution >= 4 is 23.6 Å². The van der Waals surface area contributed by atoms with Crippen molar-refractivity contribution in [2.75, 3.05) is 18.8 Å². The summed E-state index contributed by atoms with van der Waals surface area (Å²) in [7, 11) is 0. The molecule has 0 radical (unpaired) electrons. The molecule has 0 aliphatic carbocycles. The molecule has 2 bridgehead atoms. The number of benzene rings is 1. The highest BCUT2D eigenvalue weighted by molar-refractivity contribution is 7.98. The van der Waals surface area contributed by atoms with Crippen LogP contribution in [0.4, 0.5) is 0 Å². The van der Waals surface area contributed by atoms with Gasteiger partial charge in [-0.2, -0.15) is 11.8 Å². The molecule has 23 heavy (non-hydrogen) atoms. The minimum Gasteiger partial charge on any atom is -0.351 e. The number of hydrogen-bond acceptors (Lipinski definition) is 3. The molecule has 124 valence electrons. The highest BCUT2D eigenvalue weighted by Gasteiger charge is 2.33. The lowest BCUT2D eigenvalue weighted by atomic mass is 9.99. The Morgan fingerprint density at radius 3 is 2.87 bits per heavy atom. The highest BCUT2D eigenvalue weighted by atomic mass is 32.2. The van der Waals surface area contributed by atoms with E-state index in [0.717, 1.165) is 30.8 Å². The molecule has 1 N–H and O–H groups in total. The number of thioether (sulfide) groups is 1. The Balaban J connectivity index is 1.45. The lowest BCUT2D eigenvalue weighted by Crippen LogP contribution is -2.41. The summed E-state index contributed by atoms with van der Waals surface area (Å²) in [5.74, 6) is 2.10. The number of hydrogen-bond donors (Lipinski definition) is 1. The van der Waals surface area contributed by atoms with E-state index < -0.39 is 0 Å². The topological polar surface area (TPSA) is 49.4 Å². The van der Waals surface area contributed by atoms with E-state index in [1.165, 1.54) is 5.56 Å². The first kappa shape index (κ1) is 16.4. The zero-order valence-electron chi connectivity index (χ0n) is 13.4. The molecule has 4 nitrogen and oxygen atoms in total. The molecule has 2 atom stereocenters. The molecule has 0 aromatic heterocycles. The van der Waals surface area contributed by atoms with Crippen molar-refractivity contribution in [1.29, 1.82) is 0 Å². The van der Waals surface area contributed by atoms with Crippen LogP contribution in [-0.2, 0) is 15.3 Å². The quantitative estimate of drug-likeness (QED) is 0.843. The summed E-state index contributed by atoms with van der Waals surface area (Å²) in [6, 6.07) is 10.5.